The Morgan fingerprint density at radius 1 is 1.70 bits per heavy atom. The van der Waals surface area contributed by atoms with Crippen molar-refractivity contribution in [1.82, 2.24) is 9.97 Å². The van der Waals surface area contributed by atoms with E-state index >= 15 is 0 Å². The van der Waals surface area contributed by atoms with Gasteiger partial charge in [-0.2, -0.15) is 0 Å². The third-order valence-corrected chi connectivity index (χ3v) is 0.581. The SMILES string of the molecule is O=CO.O=c1nccc[nH]1. The molecule has 5 heteroatoms. The minimum atomic E-state index is -0.303. The van der Waals surface area contributed by atoms with Crippen LogP contribution in [0.25, 0.3) is 0 Å². The summed E-state index contributed by atoms with van der Waals surface area (Å²) in [4.78, 5) is 24.2. The fraction of sp³-hybridized carbons (Fsp3) is 0. The molecule has 0 radical (unpaired) electrons. The van der Waals surface area contributed by atoms with Gasteiger partial charge in [0, 0.05) is 12.4 Å². The van der Waals surface area contributed by atoms with E-state index in [0.717, 1.165) is 0 Å². The molecule has 0 unspecified atom stereocenters. The molecule has 0 bridgehead atoms. The van der Waals surface area contributed by atoms with Crippen LogP contribution < -0.4 is 5.69 Å². The number of H-pyrrole nitrogens is 1. The normalized spacial score (nSPS) is 7.20. The zero-order valence-corrected chi connectivity index (χ0v) is 5.02. The van der Waals surface area contributed by atoms with Gasteiger partial charge in [-0.3, -0.25) is 4.79 Å². The summed E-state index contributed by atoms with van der Waals surface area (Å²) in [5.74, 6) is 0. The second kappa shape index (κ2) is 5.49. The van der Waals surface area contributed by atoms with E-state index in [-0.39, 0.29) is 12.2 Å². The molecule has 0 aliphatic rings. The van der Waals surface area contributed by atoms with E-state index in [1.165, 1.54) is 12.4 Å². The summed E-state index contributed by atoms with van der Waals surface area (Å²) in [6.45, 7) is -0.250. The number of hydrogen-bond donors (Lipinski definition) is 2. The lowest BCUT2D eigenvalue weighted by molar-refractivity contribution is -0.122. The zero-order valence-electron chi connectivity index (χ0n) is 5.02. The lowest BCUT2D eigenvalue weighted by atomic mass is 10.7. The highest BCUT2D eigenvalue weighted by molar-refractivity contribution is 5.32. The van der Waals surface area contributed by atoms with Gasteiger partial charge < -0.3 is 10.1 Å². The predicted molar refractivity (Wildman–Crippen MR) is 33.6 cm³/mol. The standard InChI is InChI=1S/C4H4N2O.CH2O2/c7-4-5-2-1-3-6-4;2-1-3/h1-3H,(H,5,6,7);1H,(H,2,3). The van der Waals surface area contributed by atoms with Gasteiger partial charge in [-0.15, -0.1) is 0 Å². The molecule has 0 saturated heterocycles. The van der Waals surface area contributed by atoms with E-state index in [9.17, 15) is 4.79 Å². The zero-order chi connectivity index (χ0) is 7.82. The summed E-state index contributed by atoms with van der Waals surface area (Å²) < 4.78 is 0. The van der Waals surface area contributed by atoms with Crippen molar-refractivity contribution in [3.8, 4) is 0 Å². The van der Waals surface area contributed by atoms with Crippen molar-refractivity contribution in [1.29, 1.82) is 0 Å². The Balaban J connectivity index is 0.000000236. The van der Waals surface area contributed by atoms with Crippen LogP contribution in [0, 0.1) is 0 Å². The molecule has 0 saturated carbocycles. The van der Waals surface area contributed by atoms with Gasteiger partial charge >= 0.3 is 5.69 Å². The molecule has 1 aromatic rings. The highest BCUT2D eigenvalue weighted by atomic mass is 16.3. The number of rotatable bonds is 0. The molecule has 1 heterocycles. The van der Waals surface area contributed by atoms with Crippen molar-refractivity contribution in [3.63, 3.8) is 0 Å². The summed E-state index contributed by atoms with van der Waals surface area (Å²) in [7, 11) is 0. The summed E-state index contributed by atoms with van der Waals surface area (Å²) in [6, 6.07) is 1.65. The number of aromatic amines is 1. The largest absolute Gasteiger partial charge is 0.483 e. The molecular weight excluding hydrogens is 136 g/mol. The fourth-order valence-corrected chi connectivity index (χ4v) is 0.310. The van der Waals surface area contributed by atoms with Crippen molar-refractivity contribution in [2.24, 2.45) is 0 Å². The van der Waals surface area contributed by atoms with Gasteiger partial charge in [0.1, 0.15) is 0 Å². The molecule has 0 spiro atoms. The molecule has 10 heavy (non-hydrogen) atoms. The quantitative estimate of drug-likeness (QED) is 0.477. The molecule has 0 aliphatic heterocycles. The second-order valence-electron chi connectivity index (χ2n) is 1.19. The molecule has 0 aliphatic carbocycles. The first kappa shape index (κ1) is 8.35. The molecule has 1 rings (SSSR count). The molecule has 54 valence electrons. The minimum Gasteiger partial charge on any atom is -0.483 e. The summed E-state index contributed by atoms with van der Waals surface area (Å²) in [5.41, 5.74) is -0.303. The molecule has 0 aromatic carbocycles. The smallest absolute Gasteiger partial charge is 0.344 e. The van der Waals surface area contributed by atoms with Crippen molar-refractivity contribution in [2.45, 2.75) is 0 Å². The highest BCUT2D eigenvalue weighted by Crippen LogP contribution is 1.60. The predicted octanol–water partition coefficient (Wildman–Crippen LogP) is -0.529. The van der Waals surface area contributed by atoms with Crippen LogP contribution in [-0.4, -0.2) is 21.5 Å². The van der Waals surface area contributed by atoms with Gasteiger partial charge in [0.25, 0.3) is 6.47 Å². The Hall–Kier alpha value is -1.65. The number of nitrogens with zero attached hydrogens (tertiary/aromatic N) is 1. The topological polar surface area (TPSA) is 83.0 Å². The lowest BCUT2D eigenvalue weighted by Crippen LogP contribution is -2.05. The Labute approximate surface area is 56.4 Å². The second-order valence-corrected chi connectivity index (χ2v) is 1.19. The van der Waals surface area contributed by atoms with Crippen LogP contribution in [0.4, 0.5) is 0 Å². The molecule has 0 amide bonds. The third-order valence-electron chi connectivity index (χ3n) is 0.581. The van der Waals surface area contributed by atoms with Crippen LogP contribution >= 0.6 is 0 Å². The molecule has 0 atom stereocenters. The first-order valence-corrected chi connectivity index (χ1v) is 2.39. The van der Waals surface area contributed by atoms with E-state index in [4.69, 9.17) is 9.90 Å². The van der Waals surface area contributed by atoms with E-state index in [1.54, 1.807) is 6.07 Å². The minimum absolute atomic E-state index is 0.250. The van der Waals surface area contributed by atoms with Crippen LogP contribution in [0.1, 0.15) is 0 Å². The fourth-order valence-electron chi connectivity index (χ4n) is 0.310. The number of aromatic nitrogens is 2. The molecule has 0 fully saturated rings. The molecule has 1 aromatic heterocycles. The Kier molecular flexibility index (Phi) is 4.58. The van der Waals surface area contributed by atoms with Crippen LogP contribution in [0.5, 0.6) is 0 Å². The average Bonchev–Trinajstić information content (AvgIpc) is 1.91. The summed E-state index contributed by atoms with van der Waals surface area (Å²) >= 11 is 0. The van der Waals surface area contributed by atoms with E-state index in [0.29, 0.717) is 0 Å². The summed E-state index contributed by atoms with van der Waals surface area (Å²) in [6.07, 6.45) is 2.98. The van der Waals surface area contributed by atoms with E-state index in [2.05, 4.69) is 9.97 Å². The maximum absolute atomic E-state index is 10.1. The van der Waals surface area contributed by atoms with Gasteiger partial charge in [-0.25, -0.2) is 9.78 Å². The van der Waals surface area contributed by atoms with Crippen molar-refractivity contribution in [2.75, 3.05) is 0 Å². The van der Waals surface area contributed by atoms with Crippen LogP contribution in [0.15, 0.2) is 23.3 Å². The highest BCUT2D eigenvalue weighted by Gasteiger charge is 1.70. The maximum Gasteiger partial charge on any atom is 0.344 e. The molecular formula is C5H6N2O3. The van der Waals surface area contributed by atoms with Crippen molar-refractivity contribution >= 4 is 6.47 Å². The van der Waals surface area contributed by atoms with Crippen molar-refractivity contribution < 1.29 is 9.90 Å². The van der Waals surface area contributed by atoms with E-state index in [1.807, 2.05) is 0 Å². The molecule has 5 nitrogen and oxygen atoms in total. The van der Waals surface area contributed by atoms with Crippen LogP contribution in [0.2, 0.25) is 0 Å². The first-order valence-electron chi connectivity index (χ1n) is 2.39. The Morgan fingerprint density at radius 3 is 2.50 bits per heavy atom. The van der Waals surface area contributed by atoms with Crippen LogP contribution in [-0.2, 0) is 4.79 Å². The van der Waals surface area contributed by atoms with Gasteiger partial charge in [-0.1, -0.05) is 0 Å². The number of carboxylic acid groups (broad SMARTS) is 1. The van der Waals surface area contributed by atoms with E-state index < -0.39 is 0 Å². The third kappa shape index (κ3) is 4.51. The Bertz CT molecular complexity index is 215. The monoisotopic (exact) mass is 142 g/mol. The lowest BCUT2D eigenvalue weighted by Gasteiger charge is -1.72. The maximum atomic E-state index is 10.1. The van der Waals surface area contributed by atoms with Gasteiger partial charge in [-0.05, 0) is 6.07 Å². The van der Waals surface area contributed by atoms with Crippen molar-refractivity contribution in [3.05, 3.63) is 28.9 Å². The molecule has 2 N–H and O–H groups in total. The van der Waals surface area contributed by atoms with Gasteiger partial charge in [0.15, 0.2) is 0 Å². The van der Waals surface area contributed by atoms with Crippen LogP contribution in [0.3, 0.4) is 0 Å². The van der Waals surface area contributed by atoms with Gasteiger partial charge in [0.2, 0.25) is 0 Å². The number of carbonyl (C=O) groups is 1. The average molecular weight is 142 g/mol. The summed E-state index contributed by atoms with van der Waals surface area (Å²) in [5, 5.41) is 6.89. The van der Waals surface area contributed by atoms with Gasteiger partial charge in [0.05, 0.1) is 0 Å². The Morgan fingerprint density at radius 2 is 2.30 bits per heavy atom. The number of nitrogens with one attached hydrogen (secondary N) is 1. The first-order chi connectivity index (χ1) is 4.81. The number of hydrogen-bond acceptors (Lipinski definition) is 3.